The van der Waals surface area contributed by atoms with Crippen molar-refractivity contribution < 1.29 is 36.6 Å². The van der Waals surface area contributed by atoms with E-state index >= 15 is 0 Å². The van der Waals surface area contributed by atoms with Crippen molar-refractivity contribution in [2.75, 3.05) is 0 Å². The molecule has 3 aromatic rings. The van der Waals surface area contributed by atoms with Crippen LogP contribution < -0.4 is 0 Å². The van der Waals surface area contributed by atoms with Crippen LogP contribution in [0.4, 0.5) is 0 Å². The van der Waals surface area contributed by atoms with Crippen LogP contribution in [0.15, 0.2) is 36.4 Å². The monoisotopic (exact) mass is 569 g/mol. The number of rotatable bonds is 6. The fourth-order valence-corrected chi connectivity index (χ4v) is 5.10. The van der Waals surface area contributed by atoms with E-state index in [0.29, 0.717) is 24.2 Å². The Morgan fingerprint density at radius 1 is 0.641 bits per heavy atom. The summed E-state index contributed by atoms with van der Waals surface area (Å²) in [4.78, 5) is 39.6. The van der Waals surface area contributed by atoms with Crippen LogP contribution in [-0.2, 0) is 26.4 Å². The van der Waals surface area contributed by atoms with Gasteiger partial charge >= 0.3 is 11.9 Å². The summed E-state index contributed by atoms with van der Waals surface area (Å²) in [5.74, 6) is -1.75. The SMILES string of the molecule is CC1=C(CCC(=O)O)c2cc3nc(cc4[nH]c(cc4C)cc4[nH]c(cc1n2)cc4C)C(C)=C3CCC(=O)O.[Co]. The normalized spacial score (nSPS) is 13.0. The van der Waals surface area contributed by atoms with Gasteiger partial charge in [-0.25, -0.2) is 9.97 Å². The number of hydrogen-bond donors (Lipinski definition) is 4. The fourth-order valence-electron chi connectivity index (χ4n) is 5.10. The summed E-state index contributed by atoms with van der Waals surface area (Å²) in [6, 6.07) is 12.1. The number of nitrogens with one attached hydrogen (secondary N) is 2. The van der Waals surface area contributed by atoms with Crippen LogP contribution >= 0.6 is 0 Å². The van der Waals surface area contributed by atoms with Crippen molar-refractivity contribution in [2.24, 2.45) is 0 Å². The Hall–Kier alpha value is -3.95. The van der Waals surface area contributed by atoms with Crippen molar-refractivity contribution in [3.8, 4) is 0 Å². The molecule has 4 N–H and O–H groups in total. The third kappa shape index (κ3) is 5.74. The van der Waals surface area contributed by atoms with E-state index in [9.17, 15) is 19.8 Å². The number of aliphatic carboxylic acids is 2. The summed E-state index contributed by atoms with van der Waals surface area (Å²) in [6.07, 6.45) is 0.647. The molecule has 0 fully saturated rings. The first kappa shape index (κ1) is 28.1. The second-order valence-corrected chi connectivity index (χ2v) is 9.98. The third-order valence-electron chi connectivity index (χ3n) is 7.25. The van der Waals surface area contributed by atoms with Gasteiger partial charge in [0.25, 0.3) is 0 Å². The molecule has 2 aliphatic heterocycles. The first-order valence-electron chi connectivity index (χ1n) is 12.6. The summed E-state index contributed by atoms with van der Waals surface area (Å²) in [7, 11) is 0. The van der Waals surface area contributed by atoms with E-state index in [1.807, 2.05) is 39.0 Å². The van der Waals surface area contributed by atoms with E-state index in [0.717, 1.165) is 66.9 Å². The minimum absolute atomic E-state index is 0. The van der Waals surface area contributed by atoms with Crippen molar-refractivity contribution in [1.82, 2.24) is 19.9 Å². The number of hydrogen-bond acceptors (Lipinski definition) is 4. The van der Waals surface area contributed by atoms with E-state index in [4.69, 9.17) is 9.97 Å². The third-order valence-corrected chi connectivity index (χ3v) is 7.25. The van der Waals surface area contributed by atoms with E-state index in [1.165, 1.54) is 0 Å². The molecule has 9 heteroatoms. The number of aromatic amines is 2. The number of nitrogens with zero attached hydrogens (tertiary/aromatic N) is 2. The number of fused-ring (bicyclic) bond motifs is 8. The van der Waals surface area contributed by atoms with E-state index in [2.05, 4.69) is 35.1 Å². The predicted molar refractivity (Wildman–Crippen MR) is 149 cm³/mol. The molecule has 0 spiro atoms. The van der Waals surface area contributed by atoms with Crippen LogP contribution in [0.3, 0.4) is 0 Å². The molecule has 1 radical (unpaired) electrons. The van der Waals surface area contributed by atoms with Gasteiger partial charge < -0.3 is 20.2 Å². The Kier molecular flexibility index (Phi) is 7.94. The van der Waals surface area contributed by atoms with Gasteiger partial charge in [-0.1, -0.05) is 0 Å². The molecule has 0 saturated heterocycles. The molecule has 0 atom stereocenters. The number of H-pyrrole nitrogens is 2. The van der Waals surface area contributed by atoms with Crippen LogP contribution in [-0.4, -0.2) is 42.1 Å². The standard InChI is InChI=1S/C30H30N4O4.Co/c1-15-9-20-12-25-17(3)21(5-7-29(35)36)27(33-25)14-28-22(6-8-30(37)38)18(4)26(34-28)13-24-16(2)10-19(32-24)11-23(15)31-20;/h9-14,31-32H,5-8H2,1-4H3,(H,35,36)(H,37,38);. The molecule has 3 aromatic heterocycles. The van der Waals surface area contributed by atoms with Crippen molar-refractivity contribution >= 4 is 56.3 Å². The molecule has 8 bridgehead atoms. The van der Waals surface area contributed by atoms with Gasteiger partial charge in [-0.2, -0.15) is 0 Å². The smallest absolute Gasteiger partial charge is 0.303 e. The molecule has 5 heterocycles. The van der Waals surface area contributed by atoms with Gasteiger partial charge in [-0.05, 0) is 110 Å². The van der Waals surface area contributed by atoms with Crippen LogP contribution in [0.2, 0.25) is 0 Å². The Bertz CT molecular complexity index is 1730. The van der Waals surface area contributed by atoms with Crippen LogP contribution in [0.5, 0.6) is 0 Å². The second-order valence-electron chi connectivity index (χ2n) is 9.98. The topological polar surface area (TPSA) is 132 Å². The molecule has 0 unspecified atom stereocenters. The van der Waals surface area contributed by atoms with Gasteiger partial charge in [0, 0.05) is 51.7 Å². The quantitative estimate of drug-likeness (QED) is 0.267. The molecule has 0 saturated carbocycles. The van der Waals surface area contributed by atoms with Gasteiger partial charge in [-0.15, -0.1) is 0 Å². The summed E-state index contributed by atoms with van der Waals surface area (Å²) in [5, 5.41) is 18.7. The first-order valence-corrected chi connectivity index (χ1v) is 12.6. The minimum Gasteiger partial charge on any atom is -0.481 e. The Labute approximate surface area is 236 Å². The van der Waals surface area contributed by atoms with Gasteiger partial charge in [0.2, 0.25) is 0 Å². The number of carbonyl (C=O) groups is 2. The average molecular weight is 570 g/mol. The molecule has 5 rings (SSSR count). The molecule has 2 aliphatic rings. The van der Waals surface area contributed by atoms with Crippen LogP contribution in [0.1, 0.15) is 73.4 Å². The largest absolute Gasteiger partial charge is 0.481 e. The van der Waals surface area contributed by atoms with Crippen LogP contribution in [0.25, 0.3) is 44.4 Å². The zero-order chi connectivity index (χ0) is 27.1. The Morgan fingerprint density at radius 2 is 1.08 bits per heavy atom. The summed E-state index contributed by atoms with van der Waals surface area (Å²) >= 11 is 0. The number of aryl methyl sites for hydroxylation is 2. The van der Waals surface area contributed by atoms with E-state index in [1.54, 1.807) is 0 Å². The van der Waals surface area contributed by atoms with Crippen molar-refractivity contribution in [3.05, 3.63) is 70.3 Å². The van der Waals surface area contributed by atoms with Crippen molar-refractivity contribution in [2.45, 2.75) is 53.4 Å². The molecule has 8 nitrogen and oxygen atoms in total. The zero-order valence-electron chi connectivity index (χ0n) is 22.2. The average Bonchev–Trinajstić information content (AvgIpc) is 3.53. The molecule has 203 valence electrons. The van der Waals surface area contributed by atoms with Gasteiger partial charge in [0.1, 0.15) is 0 Å². The number of carboxylic acids is 2. The zero-order valence-corrected chi connectivity index (χ0v) is 23.3. The summed E-state index contributed by atoms with van der Waals surface area (Å²) in [5.41, 5.74) is 12.4. The number of carboxylic acid groups (broad SMARTS) is 2. The molecular weight excluding hydrogens is 539 g/mol. The van der Waals surface area contributed by atoms with Gasteiger partial charge in [-0.3, -0.25) is 9.59 Å². The predicted octanol–water partition coefficient (Wildman–Crippen LogP) is 6.52. The number of aromatic nitrogens is 4. The molecule has 39 heavy (non-hydrogen) atoms. The number of allylic oxidation sites excluding steroid dienone is 4. The molecule has 0 amide bonds. The minimum atomic E-state index is -0.873. The Balaban J connectivity index is 0.00000353. The van der Waals surface area contributed by atoms with Crippen LogP contribution in [0, 0.1) is 13.8 Å². The van der Waals surface area contributed by atoms with Gasteiger partial charge in [0.15, 0.2) is 0 Å². The first-order chi connectivity index (χ1) is 18.1. The maximum Gasteiger partial charge on any atom is 0.303 e. The molecule has 0 aromatic carbocycles. The van der Waals surface area contributed by atoms with Gasteiger partial charge in [0.05, 0.1) is 22.8 Å². The van der Waals surface area contributed by atoms with E-state index in [-0.39, 0.29) is 29.6 Å². The van der Waals surface area contributed by atoms with Crippen molar-refractivity contribution in [3.63, 3.8) is 0 Å². The van der Waals surface area contributed by atoms with E-state index < -0.39 is 11.9 Å². The Morgan fingerprint density at radius 3 is 1.56 bits per heavy atom. The second kappa shape index (κ2) is 11.0. The maximum atomic E-state index is 11.4. The van der Waals surface area contributed by atoms with Crippen molar-refractivity contribution in [1.29, 1.82) is 0 Å². The summed E-state index contributed by atoms with van der Waals surface area (Å²) < 4.78 is 0. The molecular formula is C30H30CoN4O4. The fraction of sp³-hybridized carbons (Fsp3) is 0.267. The molecule has 0 aliphatic carbocycles. The summed E-state index contributed by atoms with van der Waals surface area (Å²) in [6.45, 7) is 8.01. The maximum absolute atomic E-state index is 11.4.